The summed E-state index contributed by atoms with van der Waals surface area (Å²) in [6.45, 7) is 7.56. The number of aromatic amines is 2. The molecular weight excluding hydrogens is 440 g/mol. The van der Waals surface area contributed by atoms with Crippen molar-refractivity contribution in [3.63, 3.8) is 0 Å². The van der Waals surface area contributed by atoms with Crippen molar-refractivity contribution in [2.75, 3.05) is 27.3 Å². The molecule has 184 valence electrons. The number of aryl methyl sites for hydroxylation is 2. The van der Waals surface area contributed by atoms with Gasteiger partial charge in [-0.2, -0.15) is 5.10 Å². The van der Waals surface area contributed by atoms with Gasteiger partial charge < -0.3 is 19.8 Å². The fourth-order valence-electron chi connectivity index (χ4n) is 5.00. The zero-order valence-corrected chi connectivity index (χ0v) is 20.9. The number of nitrogens with one attached hydrogen (secondary N) is 3. The van der Waals surface area contributed by atoms with Crippen LogP contribution < -0.4 is 14.8 Å². The number of hydrogen-bond acceptors (Lipinski definition) is 6. The Morgan fingerprint density at radius 1 is 0.914 bits per heavy atom. The zero-order valence-electron chi connectivity index (χ0n) is 20.9. The van der Waals surface area contributed by atoms with E-state index in [0.29, 0.717) is 12.1 Å². The van der Waals surface area contributed by atoms with Crippen LogP contribution in [0, 0.1) is 0 Å². The molecule has 2 atom stereocenters. The van der Waals surface area contributed by atoms with Crippen LogP contribution in [0.1, 0.15) is 30.7 Å². The van der Waals surface area contributed by atoms with Gasteiger partial charge in [-0.15, -0.1) is 0 Å². The second kappa shape index (κ2) is 10.1. The lowest BCUT2D eigenvalue weighted by atomic mass is 10.1. The maximum Gasteiger partial charge on any atom is 0.159 e. The van der Waals surface area contributed by atoms with Gasteiger partial charge in [0.2, 0.25) is 0 Å². The number of aromatic nitrogens is 4. The highest BCUT2D eigenvalue weighted by atomic mass is 16.5. The predicted octanol–water partition coefficient (Wildman–Crippen LogP) is 3.94. The molecule has 0 radical (unpaired) electrons. The van der Waals surface area contributed by atoms with E-state index in [9.17, 15) is 0 Å². The number of hydrogen-bond donors (Lipinski definition) is 3. The highest BCUT2D eigenvalue weighted by molar-refractivity contribution is 5.79. The monoisotopic (exact) mass is 474 g/mol. The lowest BCUT2D eigenvalue weighted by Crippen LogP contribution is -2.53. The SMILES string of the molecule is COc1cc(CCc2cc(-c3nc4cc(CN5C[C@@H](C)N[C@@H](C)C5)ccc4[nH]3)n[nH]2)cc(OC)c1. The third-order valence-corrected chi connectivity index (χ3v) is 6.55. The summed E-state index contributed by atoms with van der Waals surface area (Å²) < 4.78 is 10.8. The van der Waals surface area contributed by atoms with Crippen molar-refractivity contribution in [1.82, 2.24) is 30.4 Å². The van der Waals surface area contributed by atoms with Crippen LogP contribution in [0.15, 0.2) is 42.5 Å². The van der Waals surface area contributed by atoms with E-state index in [2.05, 4.69) is 63.5 Å². The Kier molecular flexibility index (Phi) is 6.74. The number of H-pyrrole nitrogens is 2. The minimum Gasteiger partial charge on any atom is -0.497 e. The van der Waals surface area contributed by atoms with Crippen molar-refractivity contribution in [2.45, 2.75) is 45.3 Å². The normalized spacial score (nSPS) is 18.7. The fourth-order valence-corrected chi connectivity index (χ4v) is 5.00. The maximum absolute atomic E-state index is 5.38. The van der Waals surface area contributed by atoms with E-state index in [1.165, 1.54) is 5.56 Å². The third-order valence-electron chi connectivity index (χ3n) is 6.55. The Bertz CT molecular complexity index is 1260. The highest BCUT2D eigenvalue weighted by Gasteiger charge is 2.21. The molecule has 2 aromatic carbocycles. The molecule has 0 saturated carbocycles. The molecule has 0 unspecified atom stereocenters. The highest BCUT2D eigenvalue weighted by Crippen LogP contribution is 2.25. The number of benzene rings is 2. The maximum atomic E-state index is 5.38. The molecule has 1 aliphatic rings. The minimum absolute atomic E-state index is 0.513. The molecule has 35 heavy (non-hydrogen) atoms. The van der Waals surface area contributed by atoms with E-state index < -0.39 is 0 Å². The summed E-state index contributed by atoms with van der Waals surface area (Å²) in [6, 6.07) is 15.6. The number of piperazine rings is 1. The van der Waals surface area contributed by atoms with E-state index in [4.69, 9.17) is 14.5 Å². The zero-order chi connectivity index (χ0) is 24.4. The first kappa shape index (κ1) is 23.4. The van der Waals surface area contributed by atoms with Crippen molar-refractivity contribution < 1.29 is 9.47 Å². The second-order valence-corrected chi connectivity index (χ2v) is 9.60. The van der Waals surface area contributed by atoms with Crippen LogP contribution in [0.3, 0.4) is 0 Å². The second-order valence-electron chi connectivity index (χ2n) is 9.60. The van der Waals surface area contributed by atoms with Crippen LogP contribution in [0.5, 0.6) is 11.5 Å². The van der Waals surface area contributed by atoms with Crippen LogP contribution >= 0.6 is 0 Å². The van der Waals surface area contributed by atoms with E-state index in [1.54, 1.807) is 14.2 Å². The molecule has 5 rings (SSSR count). The summed E-state index contributed by atoms with van der Waals surface area (Å²) in [4.78, 5) is 10.8. The summed E-state index contributed by atoms with van der Waals surface area (Å²) in [5.41, 5.74) is 6.33. The molecule has 4 aromatic rings. The average molecular weight is 475 g/mol. The van der Waals surface area contributed by atoms with Crippen LogP contribution in [-0.2, 0) is 19.4 Å². The Labute approximate surface area is 206 Å². The number of imidazole rings is 1. The van der Waals surface area contributed by atoms with Gasteiger partial charge in [-0.3, -0.25) is 10.00 Å². The lowest BCUT2D eigenvalue weighted by molar-refractivity contribution is 0.166. The Balaban J connectivity index is 1.27. The van der Waals surface area contributed by atoms with Crippen LogP contribution in [0.2, 0.25) is 0 Å². The van der Waals surface area contributed by atoms with Gasteiger partial charge in [0.05, 0.1) is 25.3 Å². The van der Waals surface area contributed by atoms with Crippen molar-refractivity contribution >= 4 is 11.0 Å². The molecule has 8 nitrogen and oxygen atoms in total. The van der Waals surface area contributed by atoms with Gasteiger partial charge in [0.25, 0.3) is 0 Å². The summed E-state index contributed by atoms with van der Waals surface area (Å²) in [5.74, 6) is 2.38. The summed E-state index contributed by atoms with van der Waals surface area (Å²) in [6.07, 6.45) is 1.68. The van der Waals surface area contributed by atoms with Gasteiger partial charge in [0.15, 0.2) is 5.82 Å². The molecule has 2 aromatic heterocycles. The van der Waals surface area contributed by atoms with Crippen molar-refractivity contribution in [1.29, 1.82) is 0 Å². The molecule has 0 spiro atoms. The Morgan fingerprint density at radius 2 is 1.66 bits per heavy atom. The lowest BCUT2D eigenvalue weighted by Gasteiger charge is -2.36. The topological polar surface area (TPSA) is 91.1 Å². The number of fused-ring (bicyclic) bond motifs is 1. The van der Waals surface area contributed by atoms with Gasteiger partial charge in [-0.1, -0.05) is 6.07 Å². The number of rotatable bonds is 8. The van der Waals surface area contributed by atoms with Crippen LogP contribution in [-0.4, -0.2) is 64.5 Å². The Morgan fingerprint density at radius 3 is 2.37 bits per heavy atom. The van der Waals surface area contributed by atoms with Crippen molar-refractivity contribution in [2.24, 2.45) is 0 Å². The summed E-state index contributed by atoms with van der Waals surface area (Å²) >= 11 is 0. The van der Waals surface area contributed by atoms with Crippen LogP contribution in [0.4, 0.5) is 0 Å². The third kappa shape index (κ3) is 5.49. The van der Waals surface area contributed by atoms with Gasteiger partial charge in [0, 0.05) is 43.5 Å². The molecule has 0 aliphatic carbocycles. The van der Waals surface area contributed by atoms with Gasteiger partial charge in [0.1, 0.15) is 17.2 Å². The quantitative estimate of drug-likeness (QED) is 0.358. The smallest absolute Gasteiger partial charge is 0.159 e. The summed E-state index contributed by atoms with van der Waals surface area (Å²) in [5, 5.41) is 11.3. The number of ether oxygens (including phenoxy) is 2. The summed E-state index contributed by atoms with van der Waals surface area (Å²) in [7, 11) is 3.34. The first-order valence-corrected chi connectivity index (χ1v) is 12.2. The molecule has 0 bridgehead atoms. The number of nitrogens with zero attached hydrogens (tertiary/aromatic N) is 3. The Hall–Kier alpha value is -3.36. The molecular formula is C27H34N6O2. The first-order valence-electron chi connectivity index (χ1n) is 12.2. The van der Waals surface area contributed by atoms with E-state index in [-0.39, 0.29) is 0 Å². The van der Waals surface area contributed by atoms with Crippen molar-refractivity contribution in [3.8, 4) is 23.0 Å². The minimum atomic E-state index is 0.513. The average Bonchev–Trinajstić information content (AvgIpc) is 3.48. The molecule has 3 N–H and O–H groups in total. The van der Waals surface area contributed by atoms with E-state index in [0.717, 1.165) is 77.8 Å². The molecule has 8 heteroatoms. The predicted molar refractivity (Wildman–Crippen MR) is 138 cm³/mol. The first-order chi connectivity index (χ1) is 17.0. The van der Waals surface area contributed by atoms with Gasteiger partial charge in [-0.25, -0.2) is 4.98 Å². The fraction of sp³-hybridized carbons (Fsp3) is 0.407. The molecule has 1 fully saturated rings. The van der Waals surface area contributed by atoms with Crippen molar-refractivity contribution in [3.05, 3.63) is 59.3 Å². The van der Waals surface area contributed by atoms with Gasteiger partial charge >= 0.3 is 0 Å². The molecule has 1 aliphatic heterocycles. The number of methoxy groups -OCH3 is 2. The molecule has 1 saturated heterocycles. The van der Waals surface area contributed by atoms with Crippen LogP contribution in [0.25, 0.3) is 22.6 Å². The largest absolute Gasteiger partial charge is 0.497 e. The van der Waals surface area contributed by atoms with Gasteiger partial charge in [-0.05, 0) is 68.1 Å². The van der Waals surface area contributed by atoms with E-state index >= 15 is 0 Å². The molecule has 3 heterocycles. The standard InChI is InChI=1S/C27H34N6O2/c1-17-14-33(15-18(2)28-17)16-20-6-8-24-25(11-20)30-27(29-24)26-12-21(31-32-26)7-5-19-9-22(34-3)13-23(10-19)35-4/h6,8-13,17-18,28H,5,7,14-16H2,1-4H3,(H,29,30)(H,31,32)/t17-,18+. The van der Waals surface area contributed by atoms with E-state index in [1.807, 2.05) is 18.2 Å². The molecule has 0 amide bonds.